The Kier molecular flexibility index (Phi) is 3.79. The lowest BCUT2D eigenvalue weighted by molar-refractivity contribution is -0.122. The summed E-state index contributed by atoms with van der Waals surface area (Å²) in [7, 11) is -3.71. The first kappa shape index (κ1) is 15.2. The zero-order valence-corrected chi connectivity index (χ0v) is 12.9. The number of carbonyl (C=O) groups is 2. The predicted octanol–water partition coefficient (Wildman–Crippen LogP) is -0.328. The molecule has 2 N–H and O–H groups in total. The molecule has 2 atom stereocenters. The molecule has 0 radical (unpaired) electrons. The van der Waals surface area contributed by atoms with Crippen molar-refractivity contribution in [3.8, 4) is 0 Å². The summed E-state index contributed by atoms with van der Waals surface area (Å²) in [6.45, 7) is 0.188. The lowest BCUT2D eigenvalue weighted by atomic mass is 9.98. The van der Waals surface area contributed by atoms with E-state index in [-0.39, 0.29) is 30.1 Å². The first-order valence-corrected chi connectivity index (χ1v) is 8.44. The molecule has 2 aliphatic heterocycles. The molecule has 0 bridgehead atoms. The Hall–Kier alpha value is -1.71. The van der Waals surface area contributed by atoms with Gasteiger partial charge in [-0.1, -0.05) is 11.6 Å². The number of pyridine rings is 1. The van der Waals surface area contributed by atoms with Gasteiger partial charge in [0.05, 0.1) is 0 Å². The number of carbonyl (C=O) groups excluding carboxylic acids is 2. The van der Waals surface area contributed by atoms with Gasteiger partial charge in [-0.2, -0.15) is 12.7 Å². The van der Waals surface area contributed by atoms with Gasteiger partial charge in [0.2, 0.25) is 0 Å². The van der Waals surface area contributed by atoms with Crippen molar-refractivity contribution >= 4 is 33.6 Å². The molecule has 2 unspecified atom stereocenters. The Labute approximate surface area is 132 Å². The van der Waals surface area contributed by atoms with Gasteiger partial charge in [0.25, 0.3) is 11.8 Å². The summed E-state index contributed by atoms with van der Waals surface area (Å²) in [6, 6.07) is 1.94. The van der Waals surface area contributed by atoms with E-state index in [4.69, 9.17) is 11.6 Å². The van der Waals surface area contributed by atoms with Crippen molar-refractivity contribution in [1.82, 2.24) is 19.3 Å². The predicted molar refractivity (Wildman–Crippen MR) is 77.3 cm³/mol. The van der Waals surface area contributed by atoms with Gasteiger partial charge in [0.15, 0.2) is 0 Å². The molecule has 0 saturated carbocycles. The second kappa shape index (κ2) is 5.49. The van der Waals surface area contributed by atoms with E-state index in [0.717, 1.165) is 4.31 Å². The topological polar surface area (TPSA) is 108 Å². The van der Waals surface area contributed by atoms with Gasteiger partial charge in [-0.05, 0) is 25.0 Å². The molecule has 8 nitrogen and oxygen atoms in total. The average Bonchev–Trinajstić information content (AvgIpc) is 2.68. The van der Waals surface area contributed by atoms with Crippen molar-refractivity contribution < 1.29 is 18.0 Å². The largest absolute Gasteiger partial charge is 0.349 e. The van der Waals surface area contributed by atoms with Gasteiger partial charge in [-0.3, -0.25) is 9.59 Å². The molecule has 2 fully saturated rings. The zero-order valence-electron chi connectivity index (χ0n) is 11.3. The molecule has 1 aromatic rings. The zero-order chi connectivity index (χ0) is 15.9. The highest BCUT2D eigenvalue weighted by Gasteiger charge is 2.47. The van der Waals surface area contributed by atoms with Gasteiger partial charge < -0.3 is 5.32 Å². The van der Waals surface area contributed by atoms with Crippen LogP contribution in [0.25, 0.3) is 0 Å². The van der Waals surface area contributed by atoms with Gasteiger partial charge in [0.1, 0.15) is 11.2 Å². The van der Waals surface area contributed by atoms with Crippen molar-refractivity contribution in [1.29, 1.82) is 0 Å². The maximum atomic E-state index is 12.1. The third-order valence-electron chi connectivity index (χ3n) is 3.72. The Balaban J connectivity index is 1.68. The SMILES string of the molecule is O=C(NC1CCN2C(C1)C(=O)NS2(=O)=O)c1ccnc(Cl)c1. The number of rotatable bonds is 2. The van der Waals surface area contributed by atoms with Crippen LogP contribution in [-0.4, -0.2) is 48.1 Å². The molecule has 1 aromatic heterocycles. The molecule has 118 valence electrons. The Morgan fingerprint density at radius 1 is 1.50 bits per heavy atom. The highest BCUT2D eigenvalue weighted by molar-refractivity contribution is 7.88. The molecule has 0 aromatic carbocycles. The number of halogens is 1. The molecule has 2 saturated heterocycles. The summed E-state index contributed by atoms with van der Waals surface area (Å²) in [5.41, 5.74) is 0.367. The molecule has 0 aliphatic carbocycles. The molecule has 22 heavy (non-hydrogen) atoms. The van der Waals surface area contributed by atoms with E-state index < -0.39 is 22.2 Å². The standard InChI is InChI=1S/C12H13ClN4O4S/c13-10-5-7(1-3-14-10)11(18)15-8-2-4-17-9(6-8)12(19)16-22(17,20)21/h1,3,5,8-9H,2,4,6H2,(H,15,18)(H,16,19). The quantitative estimate of drug-likeness (QED) is 0.714. The number of piperidine rings is 1. The van der Waals surface area contributed by atoms with E-state index in [0.29, 0.717) is 12.0 Å². The van der Waals surface area contributed by atoms with Crippen LogP contribution < -0.4 is 10.0 Å². The number of amides is 2. The third-order valence-corrected chi connectivity index (χ3v) is 5.44. The number of hydrogen-bond donors (Lipinski definition) is 2. The van der Waals surface area contributed by atoms with Crippen LogP contribution in [0.5, 0.6) is 0 Å². The highest BCUT2D eigenvalue weighted by Crippen LogP contribution is 2.25. The molecule has 3 rings (SSSR count). The van der Waals surface area contributed by atoms with Crippen LogP contribution in [0.1, 0.15) is 23.2 Å². The van der Waals surface area contributed by atoms with E-state index in [9.17, 15) is 18.0 Å². The van der Waals surface area contributed by atoms with E-state index in [1.165, 1.54) is 18.3 Å². The molecular formula is C12H13ClN4O4S. The van der Waals surface area contributed by atoms with Gasteiger partial charge in [-0.15, -0.1) is 0 Å². The van der Waals surface area contributed by atoms with Crippen LogP contribution in [0.15, 0.2) is 18.3 Å². The van der Waals surface area contributed by atoms with Crippen LogP contribution in [0.2, 0.25) is 5.15 Å². The summed E-state index contributed by atoms with van der Waals surface area (Å²) < 4.78 is 26.5. The second-order valence-corrected chi connectivity index (χ2v) is 7.17. The fraction of sp³-hybridized carbons (Fsp3) is 0.417. The average molecular weight is 345 g/mol. The number of fused-ring (bicyclic) bond motifs is 1. The monoisotopic (exact) mass is 344 g/mol. The lowest BCUT2D eigenvalue weighted by Crippen LogP contribution is -2.49. The lowest BCUT2D eigenvalue weighted by Gasteiger charge is -2.31. The van der Waals surface area contributed by atoms with Crippen LogP contribution in [0.4, 0.5) is 0 Å². The van der Waals surface area contributed by atoms with Crippen molar-refractivity contribution in [3.63, 3.8) is 0 Å². The minimum atomic E-state index is -3.71. The van der Waals surface area contributed by atoms with Crippen LogP contribution in [0, 0.1) is 0 Å². The summed E-state index contributed by atoms with van der Waals surface area (Å²) in [5, 5.41) is 3.01. The maximum Gasteiger partial charge on any atom is 0.304 e. The van der Waals surface area contributed by atoms with E-state index in [1.54, 1.807) is 0 Å². The van der Waals surface area contributed by atoms with Crippen molar-refractivity contribution in [2.24, 2.45) is 0 Å². The van der Waals surface area contributed by atoms with Gasteiger partial charge >= 0.3 is 10.2 Å². The second-order valence-electron chi connectivity index (χ2n) is 5.16. The summed E-state index contributed by atoms with van der Waals surface area (Å²) >= 11 is 5.74. The van der Waals surface area contributed by atoms with E-state index in [2.05, 4.69) is 10.3 Å². The Bertz CT molecular complexity index is 738. The summed E-state index contributed by atoms with van der Waals surface area (Å²) in [4.78, 5) is 27.6. The minimum Gasteiger partial charge on any atom is -0.349 e. The minimum absolute atomic E-state index is 0.188. The summed E-state index contributed by atoms with van der Waals surface area (Å²) in [6.07, 6.45) is 2.11. The van der Waals surface area contributed by atoms with Crippen LogP contribution in [0.3, 0.4) is 0 Å². The molecular weight excluding hydrogens is 332 g/mol. The van der Waals surface area contributed by atoms with E-state index >= 15 is 0 Å². The molecule has 2 aliphatic rings. The Morgan fingerprint density at radius 3 is 3.00 bits per heavy atom. The number of aromatic nitrogens is 1. The summed E-state index contributed by atoms with van der Waals surface area (Å²) in [5.74, 6) is -0.880. The van der Waals surface area contributed by atoms with E-state index in [1.807, 2.05) is 4.72 Å². The highest BCUT2D eigenvalue weighted by atomic mass is 35.5. The fourth-order valence-corrected chi connectivity index (χ4v) is 4.21. The van der Waals surface area contributed by atoms with Crippen molar-refractivity contribution in [2.75, 3.05) is 6.54 Å². The fourth-order valence-electron chi connectivity index (χ4n) is 2.67. The maximum absolute atomic E-state index is 12.1. The number of hydrogen-bond acceptors (Lipinski definition) is 5. The van der Waals surface area contributed by atoms with Crippen molar-refractivity contribution in [2.45, 2.75) is 24.9 Å². The number of nitrogens with one attached hydrogen (secondary N) is 2. The first-order chi connectivity index (χ1) is 10.4. The van der Waals surface area contributed by atoms with Crippen LogP contribution >= 0.6 is 11.6 Å². The smallest absolute Gasteiger partial charge is 0.304 e. The molecule has 3 heterocycles. The van der Waals surface area contributed by atoms with Crippen LogP contribution in [-0.2, 0) is 15.0 Å². The van der Waals surface area contributed by atoms with Gasteiger partial charge in [0, 0.05) is 24.3 Å². The Morgan fingerprint density at radius 2 is 2.27 bits per heavy atom. The van der Waals surface area contributed by atoms with Gasteiger partial charge in [-0.25, -0.2) is 9.71 Å². The normalized spacial score (nSPS) is 27.0. The molecule has 0 spiro atoms. The third kappa shape index (κ3) is 2.79. The molecule has 10 heteroatoms. The van der Waals surface area contributed by atoms with Crippen molar-refractivity contribution in [3.05, 3.63) is 29.0 Å². The number of nitrogens with zero attached hydrogens (tertiary/aromatic N) is 2. The molecule has 2 amide bonds. The first-order valence-electron chi connectivity index (χ1n) is 6.62.